The van der Waals surface area contributed by atoms with Crippen LogP contribution in [0.2, 0.25) is 0 Å². The first-order valence-corrected chi connectivity index (χ1v) is 8.79. The number of hydrogen-bond acceptors (Lipinski definition) is 4. The van der Waals surface area contributed by atoms with Gasteiger partial charge < -0.3 is 15.1 Å². The maximum Gasteiger partial charge on any atom is 0.272 e. The third-order valence-electron chi connectivity index (χ3n) is 4.17. The van der Waals surface area contributed by atoms with E-state index in [1.807, 2.05) is 36.1 Å². The van der Waals surface area contributed by atoms with Crippen LogP contribution in [0.15, 0.2) is 41.0 Å². The molecule has 0 aliphatic carbocycles. The molecule has 0 radical (unpaired) electrons. The van der Waals surface area contributed by atoms with Gasteiger partial charge in [-0.25, -0.2) is 0 Å². The zero-order valence-corrected chi connectivity index (χ0v) is 15.5. The van der Waals surface area contributed by atoms with Crippen molar-refractivity contribution >= 4 is 33.2 Å². The Bertz CT molecular complexity index is 742. The molecule has 3 rings (SSSR count). The first-order valence-electron chi connectivity index (χ1n) is 8.00. The summed E-state index contributed by atoms with van der Waals surface area (Å²) in [6.07, 6.45) is 1.67. The largest absolute Gasteiger partial charge is 0.354 e. The fourth-order valence-corrected chi connectivity index (χ4v) is 3.27. The monoisotopic (exact) mass is 388 g/mol. The minimum Gasteiger partial charge on any atom is -0.354 e. The third kappa shape index (κ3) is 3.94. The summed E-state index contributed by atoms with van der Waals surface area (Å²) >= 11 is 3.56. The van der Waals surface area contributed by atoms with Gasteiger partial charge in [0.05, 0.1) is 5.69 Å². The predicted octanol–water partition coefficient (Wildman–Crippen LogP) is 3.28. The van der Waals surface area contributed by atoms with Gasteiger partial charge in [0.25, 0.3) is 5.91 Å². The number of carbonyl (C=O) groups excluding carboxylic acids is 1. The Kier molecular flexibility index (Phi) is 5.16. The average molecular weight is 389 g/mol. The van der Waals surface area contributed by atoms with E-state index in [0.717, 1.165) is 42.0 Å². The number of aromatic nitrogens is 1. The third-order valence-corrected chi connectivity index (χ3v) is 4.83. The van der Waals surface area contributed by atoms with Gasteiger partial charge in [-0.15, -0.1) is 0 Å². The van der Waals surface area contributed by atoms with Gasteiger partial charge in [0, 0.05) is 42.5 Å². The number of benzene rings is 1. The first-order chi connectivity index (χ1) is 11.5. The molecular formula is C18H21BrN4O. The molecule has 1 aromatic carbocycles. The van der Waals surface area contributed by atoms with Crippen LogP contribution in [-0.2, 0) is 0 Å². The molecule has 1 aliphatic heterocycles. The average Bonchev–Trinajstić information content (AvgIpc) is 2.58. The van der Waals surface area contributed by atoms with E-state index in [1.54, 1.807) is 6.20 Å². The number of rotatable bonds is 3. The number of likely N-dealkylation sites (N-methyl/N-ethyl adjacent to an activating group) is 1. The molecule has 1 aliphatic rings. The molecule has 1 amide bonds. The van der Waals surface area contributed by atoms with E-state index in [9.17, 15) is 4.79 Å². The van der Waals surface area contributed by atoms with Crippen molar-refractivity contribution in [1.29, 1.82) is 0 Å². The van der Waals surface area contributed by atoms with Gasteiger partial charge in [-0.3, -0.25) is 9.78 Å². The van der Waals surface area contributed by atoms with Gasteiger partial charge in [-0.1, -0.05) is 6.07 Å². The molecule has 0 unspecified atom stereocenters. The lowest BCUT2D eigenvalue weighted by Crippen LogP contribution is -2.47. The van der Waals surface area contributed by atoms with Gasteiger partial charge in [0.1, 0.15) is 5.69 Å². The van der Waals surface area contributed by atoms with E-state index < -0.39 is 0 Å². The molecule has 0 saturated carbocycles. The van der Waals surface area contributed by atoms with E-state index in [0.29, 0.717) is 5.69 Å². The quantitative estimate of drug-likeness (QED) is 0.876. The highest BCUT2D eigenvalue weighted by atomic mass is 79.9. The zero-order valence-electron chi connectivity index (χ0n) is 13.9. The second-order valence-electron chi connectivity index (χ2n) is 6.13. The molecule has 2 aromatic rings. The van der Waals surface area contributed by atoms with Crippen LogP contribution in [0.4, 0.5) is 11.4 Å². The normalized spacial score (nSPS) is 15.4. The Hall–Kier alpha value is -1.92. The summed E-state index contributed by atoms with van der Waals surface area (Å²) in [6.45, 7) is 5.35. The van der Waals surface area contributed by atoms with E-state index in [1.165, 1.54) is 5.56 Å². The van der Waals surface area contributed by atoms with Gasteiger partial charge in [-0.05, 0) is 59.7 Å². The fraction of sp³-hybridized carbons (Fsp3) is 0.333. The maximum absolute atomic E-state index is 12.6. The summed E-state index contributed by atoms with van der Waals surface area (Å²) in [5.41, 5.74) is 3.48. The van der Waals surface area contributed by atoms with Crippen LogP contribution in [0.3, 0.4) is 0 Å². The number of piperazine rings is 1. The Labute approximate surface area is 150 Å². The molecule has 0 spiro atoms. The molecule has 1 N–H and O–H groups in total. The number of pyridine rings is 1. The first kappa shape index (κ1) is 16.9. The van der Waals surface area contributed by atoms with Gasteiger partial charge in [0.15, 0.2) is 0 Å². The van der Waals surface area contributed by atoms with Crippen molar-refractivity contribution in [2.24, 2.45) is 0 Å². The summed E-state index contributed by atoms with van der Waals surface area (Å²) in [4.78, 5) is 21.0. The van der Waals surface area contributed by atoms with Crippen LogP contribution in [0.25, 0.3) is 0 Å². The van der Waals surface area contributed by atoms with Gasteiger partial charge in [-0.2, -0.15) is 0 Å². The Morgan fingerprint density at radius 3 is 2.62 bits per heavy atom. The minimum atomic E-state index is -0.00489. The van der Waals surface area contributed by atoms with E-state index in [2.05, 4.69) is 44.2 Å². The lowest BCUT2D eigenvalue weighted by atomic mass is 10.2. The fourth-order valence-electron chi connectivity index (χ4n) is 2.67. The van der Waals surface area contributed by atoms with E-state index in [-0.39, 0.29) is 5.91 Å². The number of aryl methyl sites for hydroxylation is 1. The number of carbonyl (C=O) groups is 1. The molecule has 126 valence electrons. The molecule has 0 bridgehead atoms. The summed E-state index contributed by atoms with van der Waals surface area (Å²) < 4.78 is 0.992. The van der Waals surface area contributed by atoms with Crippen LogP contribution in [0.1, 0.15) is 16.1 Å². The highest BCUT2D eigenvalue weighted by Crippen LogP contribution is 2.27. The van der Waals surface area contributed by atoms with Crippen molar-refractivity contribution in [2.75, 3.05) is 38.5 Å². The molecule has 1 fully saturated rings. The second-order valence-corrected chi connectivity index (χ2v) is 6.99. The maximum atomic E-state index is 12.6. The molecule has 1 aromatic heterocycles. The van der Waals surface area contributed by atoms with Crippen molar-refractivity contribution in [3.63, 3.8) is 0 Å². The molecule has 1 saturated heterocycles. The SMILES string of the molecule is Cc1ccc(Nc2ccnc(C(=O)N3CCN(C)CC3)c2)c(Br)c1. The molecule has 0 atom stereocenters. The van der Waals surface area contributed by atoms with Gasteiger partial charge in [0.2, 0.25) is 0 Å². The Balaban J connectivity index is 1.75. The van der Waals surface area contributed by atoms with Crippen LogP contribution in [0, 0.1) is 6.92 Å². The van der Waals surface area contributed by atoms with Gasteiger partial charge >= 0.3 is 0 Å². The van der Waals surface area contributed by atoms with Crippen LogP contribution in [0.5, 0.6) is 0 Å². The van der Waals surface area contributed by atoms with Crippen LogP contribution < -0.4 is 5.32 Å². The van der Waals surface area contributed by atoms with E-state index in [4.69, 9.17) is 0 Å². The number of hydrogen-bond donors (Lipinski definition) is 1. The summed E-state index contributed by atoms with van der Waals surface area (Å²) in [5.74, 6) is -0.00489. The number of amides is 1. The molecule has 24 heavy (non-hydrogen) atoms. The summed E-state index contributed by atoms with van der Waals surface area (Å²) in [5, 5.41) is 3.34. The van der Waals surface area contributed by atoms with Crippen LogP contribution >= 0.6 is 15.9 Å². The lowest BCUT2D eigenvalue weighted by molar-refractivity contribution is 0.0658. The van der Waals surface area contributed by atoms with Crippen molar-refractivity contribution in [1.82, 2.24) is 14.8 Å². The standard InChI is InChI=1S/C18H21BrN4O/c1-13-3-4-16(15(19)11-13)21-14-5-6-20-17(12-14)18(24)23-9-7-22(2)8-10-23/h3-6,11-12H,7-10H2,1-2H3,(H,20,21). The Morgan fingerprint density at radius 2 is 1.92 bits per heavy atom. The molecule has 5 nitrogen and oxygen atoms in total. The number of anilines is 2. The topological polar surface area (TPSA) is 48.5 Å². The highest BCUT2D eigenvalue weighted by Gasteiger charge is 2.21. The van der Waals surface area contributed by atoms with Crippen molar-refractivity contribution < 1.29 is 4.79 Å². The van der Waals surface area contributed by atoms with Crippen molar-refractivity contribution in [3.8, 4) is 0 Å². The Morgan fingerprint density at radius 1 is 1.17 bits per heavy atom. The number of nitrogens with zero attached hydrogens (tertiary/aromatic N) is 3. The van der Waals surface area contributed by atoms with Crippen molar-refractivity contribution in [2.45, 2.75) is 6.92 Å². The zero-order chi connectivity index (χ0) is 17.1. The van der Waals surface area contributed by atoms with E-state index >= 15 is 0 Å². The predicted molar refractivity (Wildman–Crippen MR) is 99.8 cm³/mol. The minimum absolute atomic E-state index is 0.00489. The smallest absolute Gasteiger partial charge is 0.272 e. The number of halogens is 1. The molecule has 2 heterocycles. The van der Waals surface area contributed by atoms with Crippen LogP contribution in [-0.4, -0.2) is 53.9 Å². The highest BCUT2D eigenvalue weighted by molar-refractivity contribution is 9.10. The summed E-state index contributed by atoms with van der Waals surface area (Å²) in [7, 11) is 2.07. The lowest BCUT2D eigenvalue weighted by Gasteiger charge is -2.32. The van der Waals surface area contributed by atoms with Crippen molar-refractivity contribution in [3.05, 3.63) is 52.3 Å². The summed E-state index contributed by atoms with van der Waals surface area (Å²) in [6, 6.07) is 9.80. The number of nitrogens with one attached hydrogen (secondary N) is 1. The molecule has 6 heteroatoms. The molecular weight excluding hydrogens is 368 g/mol. The second kappa shape index (κ2) is 7.32.